The maximum atomic E-state index is 6.13. The fourth-order valence-corrected chi connectivity index (χ4v) is 2.33. The summed E-state index contributed by atoms with van der Waals surface area (Å²) in [4.78, 5) is 8.95. The van der Waals surface area contributed by atoms with Crippen molar-refractivity contribution in [1.82, 2.24) is 9.97 Å². The van der Waals surface area contributed by atoms with Crippen LogP contribution in [0.1, 0.15) is 26.5 Å². The van der Waals surface area contributed by atoms with Gasteiger partial charge in [-0.15, -0.1) is 0 Å². The lowest BCUT2D eigenvalue weighted by Crippen LogP contribution is -2.14. The first-order valence-electron chi connectivity index (χ1n) is 6.20. The average molecular weight is 356 g/mol. The van der Waals surface area contributed by atoms with Crippen LogP contribution in [0.15, 0.2) is 28.7 Å². The molecule has 0 fully saturated rings. The number of ether oxygens (including phenoxy) is 1. The maximum Gasteiger partial charge on any atom is 0.162 e. The number of halogens is 2. The van der Waals surface area contributed by atoms with E-state index in [0.29, 0.717) is 11.0 Å². The summed E-state index contributed by atoms with van der Waals surface area (Å²) in [5.41, 5.74) is 1.67. The molecule has 2 rings (SSSR count). The van der Waals surface area contributed by atoms with Gasteiger partial charge < -0.3 is 4.74 Å². The molecule has 20 heavy (non-hydrogen) atoms. The van der Waals surface area contributed by atoms with Crippen molar-refractivity contribution in [2.45, 2.75) is 26.2 Å². The summed E-state index contributed by atoms with van der Waals surface area (Å²) in [6, 6.07) is 7.49. The molecule has 0 saturated heterocycles. The maximum absolute atomic E-state index is 6.13. The quantitative estimate of drug-likeness (QED) is 0.721. The second-order valence-electron chi connectivity index (χ2n) is 5.50. The number of hydrogen-bond donors (Lipinski definition) is 0. The van der Waals surface area contributed by atoms with Crippen LogP contribution in [-0.4, -0.2) is 17.1 Å². The van der Waals surface area contributed by atoms with Crippen molar-refractivity contribution in [3.63, 3.8) is 0 Å². The first-order valence-corrected chi connectivity index (χ1v) is 7.37. The summed E-state index contributed by atoms with van der Waals surface area (Å²) in [6.45, 7) is 6.28. The van der Waals surface area contributed by atoms with Gasteiger partial charge in [-0.3, -0.25) is 0 Å². The Balaban J connectivity index is 2.61. The second-order valence-corrected chi connectivity index (χ2v) is 6.74. The highest BCUT2D eigenvalue weighted by atomic mass is 79.9. The molecule has 3 nitrogen and oxygen atoms in total. The van der Waals surface area contributed by atoms with Gasteiger partial charge in [0.15, 0.2) is 5.82 Å². The summed E-state index contributed by atoms with van der Waals surface area (Å²) in [7, 11) is 1.63. The zero-order valence-electron chi connectivity index (χ0n) is 11.9. The van der Waals surface area contributed by atoms with E-state index in [9.17, 15) is 0 Å². The number of rotatable bonds is 2. The predicted octanol–water partition coefficient (Wildman–Crippen LogP) is 4.87. The van der Waals surface area contributed by atoms with Crippen LogP contribution in [0.5, 0.6) is 5.75 Å². The van der Waals surface area contributed by atoms with Gasteiger partial charge in [-0.1, -0.05) is 48.3 Å². The normalized spacial score (nSPS) is 11.5. The van der Waals surface area contributed by atoms with Crippen molar-refractivity contribution >= 4 is 27.5 Å². The van der Waals surface area contributed by atoms with Gasteiger partial charge in [0.1, 0.15) is 10.9 Å². The molecule has 0 unspecified atom stereocenters. The summed E-state index contributed by atoms with van der Waals surface area (Å²) >= 11 is 9.65. The Morgan fingerprint density at radius 3 is 2.45 bits per heavy atom. The lowest BCUT2D eigenvalue weighted by molar-refractivity contribution is 0.415. The molecule has 0 bridgehead atoms. The van der Waals surface area contributed by atoms with Gasteiger partial charge in [0.2, 0.25) is 0 Å². The standard InChI is InChI=1S/C15H16BrClN2O/c1-15(2,3)12-8-13(17)19-14(18-12)10-7-9(20-4)5-6-11(10)16/h5-8H,1-4H3. The molecule has 106 valence electrons. The smallest absolute Gasteiger partial charge is 0.162 e. The highest BCUT2D eigenvalue weighted by Gasteiger charge is 2.19. The van der Waals surface area contributed by atoms with Crippen LogP contribution in [0.25, 0.3) is 11.4 Å². The monoisotopic (exact) mass is 354 g/mol. The average Bonchev–Trinajstić information content (AvgIpc) is 2.37. The zero-order valence-corrected chi connectivity index (χ0v) is 14.2. The van der Waals surface area contributed by atoms with Crippen LogP contribution < -0.4 is 4.74 Å². The number of methoxy groups -OCH3 is 1. The molecule has 1 aromatic carbocycles. The van der Waals surface area contributed by atoms with E-state index >= 15 is 0 Å². The summed E-state index contributed by atoms with van der Waals surface area (Å²) < 4.78 is 6.15. The van der Waals surface area contributed by atoms with Crippen molar-refractivity contribution in [3.8, 4) is 17.1 Å². The Morgan fingerprint density at radius 1 is 1.15 bits per heavy atom. The van der Waals surface area contributed by atoms with Crippen LogP contribution in [0, 0.1) is 0 Å². The van der Waals surface area contributed by atoms with Crippen molar-refractivity contribution in [2.24, 2.45) is 0 Å². The lowest BCUT2D eigenvalue weighted by atomic mass is 9.92. The zero-order chi connectivity index (χ0) is 14.9. The number of aromatic nitrogens is 2. The van der Waals surface area contributed by atoms with Crippen LogP contribution in [0.2, 0.25) is 5.15 Å². The summed E-state index contributed by atoms with van der Waals surface area (Å²) in [6.07, 6.45) is 0. The van der Waals surface area contributed by atoms with E-state index in [0.717, 1.165) is 21.5 Å². The number of hydrogen-bond acceptors (Lipinski definition) is 3. The van der Waals surface area contributed by atoms with E-state index in [2.05, 4.69) is 46.7 Å². The van der Waals surface area contributed by atoms with E-state index in [4.69, 9.17) is 16.3 Å². The minimum absolute atomic E-state index is 0.0906. The Kier molecular flexibility index (Phi) is 4.35. The fourth-order valence-electron chi connectivity index (χ4n) is 1.73. The van der Waals surface area contributed by atoms with Gasteiger partial charge in [-0.2, -0.15) is 0 Å². The van der Waals surface area contributed by atoms with Gasteiger partial charge in [0.25, 0.3) is 0 Å². The minimum atomic E-state index is -0.0906. The molecule has 0 aliphatic heterocycles. The van der Waals surface area contributed by atoms with E-state index in [-0.39, 0.29) is 5.41 Å². The first kappa shape index (κ1) is 15.3. The number of nitrogens with zero attached hydrogens (tertiary/aromatic N) is 2. The molecule has 2 aromatic rings. The van der Waals surface area contributed by atoms with Crippen molar-refractivity contribution in [3.05, 3.63) is 39.6 Å². The van der Waals surface area contributed by atoms with Crippen LogP contribution >= 0.6 is 27.5 Å². The van der Waals surface area contributed by atoms with Gasteiger partial charge in [0.05, 0.1) is 12.8 Å². The van der Waals surface area contributed by atoms with Gasteiger partial charge >= 0.3 is 0 Å². The van der Waals surface area contributed by atoms with Crippen molar-refractivity contribution in [2.75, 3.05) is 7.11 Å². The molecular formula is C15H16BrClN2O. The molecule has 0 N–H and O–H groups in total. The molecule has 0 aliphatic carbocycles. The van der Waals surface area contributed by atoms with E-state index in [1.807, 2.05) is 18.2 Å². The first-order chi connectivity index (χ1) is 9.31. The van der Waals surface area contributed by atoms with Crippen LogP contribution in [0.4, 0.5) is 0 Å². The van der Waals surface area contributed by atoms with Crippen LogP contribution in [0.3, 0.4) is 0 Å². The molecule has 0 atom stereocenters. The highest BCUT2D eigenvalue weighted by molar-refractivity contribution is 9.10. The SMILES string of the molecule is COc1ccc(Br)c(-c2nc(Cl)cc(C(C)(C)C)n2)c1. The molecule has 0 amide bonds. The Hall–Kier alpha value is -1.13. The molecule has 0 spiro atoms. The third-order valence-corrected chi connectivity index (χ3v) is 3.76. The van der Waals surface area contributed by atoms with Gasteiger partial charge in [-0.05, 0) is 24.3 Å². The third-order valence-electron chi connectivity index (χ3n) is 2.88. The number of benzene rings is 1. The molecule has 0 radical (unpaired) electrons. The Morgan fingerprint density at radius 2 is 1.85 bits per heavy atom. The van der Waals surface area contributed by atoms with E-state index in [1.54, 1.807) is 13.2 Å². The minimum Gasteiger partial charge on any atom is -0.497 e. The molecule has 5 heteroatoms. The molecule has 0 saturated carbocycles. The Labute approximate surface area is 132 Å². The molecule has 1 heterocycles. The van der Waals surface area contributed by atoms with Crippen molar-refractivity contribution < 1.29 is 4.74 Å². The topological polar surface area (TPSA) is 35.0 Å². The predicted molar refractivity (Wildman–Crippen MR) is 85.4 cm³/mol. The van der Waals surface area contributed by atoms with Gasteiger partial charge in [0, 0.05) is 15.5 Å². The second kappa shape index (κ2) is 5.70. The lowest BCUT2D eigenvalue weighted by Gasteiger charge is -2.18. The molecule has 1 aromatic heterocycles. The Bertz CT molecular complexity index is 638. The van der Waals surface area contributed by atoms with Crippen LogP contribution in [-0.2, 0) is 5.41 Å². The fraction of sp³-hybridized carbons (Fsp3) is 0.333. The van der Waals surface area contributed by atoms with E-state index in [1.165, 1.54) is 0 Å². The highest BCUT2D eigenvalue weighted by Crippen LogP contribution is 2.32. The summed E-state index contributed by atoms with van der Waals surface area (Å²) in [5, 5.41) is 0.439. The summed E-state index contributed by atoms with van der Waals surface area (Å²) in [5.74, 6) is 1.34. The molecular weight excluding hydrogens is 340 g/mol. The van der Waals surface area contributed by atoms with Crippen molar-refractivity contribution in [1.29, 1.82) is 0 Å². The van der Waals surface area contributed by atoms with E-state index < -0.39 is 0 Å². The molecule has 0 aliphatic rings. The third kappa shape index (κ3) is 3.30. The largest absolute Gasteiger partial charge is 0.497 e. The van der Waals surface area contributed by atoms with Gasteiger partial charge in [-0.25, -0.2) is 9.97 Å².